The second kappa shape index (κ2) is 21.1. The summed E-state index contributed by atoms with van der Waals surface area (Å²) in [6.07, 6.45) is 0.256. The Hall–Kier alpha value is 5.52. The van der Waals surface area contributed by atoms with Gasteiger partial charge < -0.3 is 43.9 Å². The summed E-state index contributed by atoms with van der Waals surface area (Å²) in [5, 5.41) is 0. The second-order valence-electron chi connectivity index (χ2n) is 3.05. The van der Waals surface area contributed by atoms with Gasteiger partial charge in [-0.05, 0) is 0 Å². The zero-order valence-electron chi connectivity index (χ0n) is 14.7. The van der Waals surface area contributed by atoms with Crippen molar-refractivity contribution in [1.29, 1.82) is 0 Å². The Labute approximate surface area is 260 Å². The van der Waals surface area contributed by atoms with Crippen molar-refractivity contribution in [2.45, 2.75) is 12.6 Å². The van der Waals surface area contributed by atoms with E-state index in [1.807, 2.05) is 0 Å². The van der Waals surface area contributed by atoms with Crippen LogP contribution in [0.4, 0.5) is 0 Å². The molecule has 0 aromatic rings. The molecule has 1 saturated heterocycles. The van der Waals surface area contributed by atoms with Crippen molar-refractivity contribution in [3.63, 3.8) is 0 Å². The van der Waals surface area contributed by atoms with Crippen molar-refractivity contribution in [2.75, 3.05) is 6.61 Å². The molecule has 2 atom stereocenters. The predicted molar refractivity (Wildman–Crippen MR) is 53.6 cm³/mol. The van der Waals surface area contributed by atoms with E-state index in [2.05, 4.69) is 17.7 Å². The summed E-state index contributed by atoms with van der Waals surface area (Å²) >= 11 is 0. The van der Waals surface area contributed by atoms with Crippen molar-refractivity contribution in [3.8, 4) is 0 Å². The molecule has 1 heterocycles. The van der Waals surface area contributed by atoms with Gasteiger partial charge in [-0.1, -0.05) is 0 Å². The third-order valence-electron chi connectivity index (χ3n) is 1.27. The Kier molecular flexibility index (Phi) is 36.6. The van der Waals surface area contributed by atoms with Gasteiger partial charge >= 0.3 is 156 Å². The van der Waals surface area contributed by atoms with Crippen LogP contribution in [0, 0.1) is 0 Å². The molecule has 0 spiro atoms. The number of hydrogen-bond acceptors (Lipinski definition) is 14. The third-order valence-corrected chi connectivity index (χ3v) is 5.40. The van der Waals surface area contributed by atoms with E-state index in [0.717, 1.165) is 0 Å². The monoisotopic (exact) mass is 505 g/mol. The van der Waals surface area contributed by atoms with Crippen LogP contribution in [-0.4, -0.2) is 12.8 Å². The maximum absolute atomic E-state index is 10.3. The molecule has 2 N–H and O–H groups in total. The fourth-order valence-corrected chi connectivity index (χ4v) is 3.80. The topological polar surface area (TPSA) is 247 Å². The van der Waals surface area contributed by atoms with Crippen LogP contribution in [0.1, 0.15) is 6.42 Å². The van der Waals surface area contributed by atoms with E-state index in [1.54, 1.807) is 0 Å². The van der Waals surface area contributed by atoms with Gasteiger partial charge in [0, 0.05) is 6.42 Å². The van der Waals surface area contributed by atoms with Crippen LogP contribution in [0.3, 0.4) is 0 Å². The van der Waals surface area contributed by atoms with Gasteiger partial charge in [-0.2, -0.15) is 0 Å². The predicted octanol–water partition coefficient (Wildman–Crippen LogP) is -18.7. The van der Waals surface area contributed by atoms with Gasteiger partial charge in [0.15, 0.2) is 0 Å². The maximum Gasteiger partial charge on any atom is 1.00 e. The number of rotatable bonds is 4. The Balaban J connectivity index is -0.0000000684. The van der Waals surface area contributed by atoms with E-state index in [0.29, 0.717) is 13.0 Å². The van der Waals surface area contributed by atoms with E-state index in [9.17, 15) is 42.7 Å². The van der Waals surface area contributed by atoms with Crippen LogP contribution in [0.25, 0.3) is 0 Å². The Morgan fingerprint density at radius 1 is 0.885 bits per heavy atom. The molecule has 2 unspecified atom stereocenters. The molecular weight excluding hydrogens is 497 g/mol. The number of hydrogen-bond donors (Lipinski definition) is 1. The molecule has 1 aliphatic rings. The number of nitrogens with two attached hydrogens (primary N) is 1. The second-order valence-corrected chi connectivity index (χ2v) is 8.06. The van der Waals surface area contributed by atoms with Crippen molar-refractivity contribution in [3.05, 3.63) is 0 Å². The SMILES string of the molecule is NC1CCO[PH](=O)O1.O=P([O-])([O-])OP(=O)([O-])OP(=O)([O-])[O-].[Na+].[Na+].[Na+].[Na+].[Na+]. The van der Waals surface area contributed by atoms with E-state index >= 15 is 0 Å². The van der Waals surface area contributed by atoms with Crippen molar-refractivity contribution in [2.24, 2.45) is 5.73 Å². The molecule has 0 amide bonds. The van der Waals surface area contributed by atoms with Crippen LogP contribution in [0.2, 0.25) is 0 Å². The summed E-state index contributed by atoms with van der Waals surface area (Å²) in [6, 6.07) is 0. The van der Waals surface area contributed by atoms with Crippen LogP contribution < -0.4 is 178 Å². The van der Waals surface area contributed by atoms with Crippen LogP contribution in [0.15, 0.2) is 0 Å². The molecule has 14 nitrogen and oxygen atoms in total. The van der Waals surface area contributed by atoms with Gasteiger partial charge in [-0.25, -0.2) is 0 Å². The van der Waals surface area contributed by atoms with Gasteiger partial charge in [0.25, 0.3) is 7.82 Å². The summed E-state index contributed by atoms with van der Waals surface area (Å²) in [5.74, 6) is 0. The minimum Gasteiger partial charge on any atom is -0.790 e. The molecule has 0 bridgehead atoms. The smallest absolute Gasteiger partial charge is 0.790 e. The Bertz CT molecular complexity index is 482. The summed E-state index contributed by atoms with van der Waals surface area (Å²) in [4.78, 5) is 48.6. The molecule has 0 radical (unpaired) electrons. The normalized spacial score (nSPS) is 19.5. The standard InChI is InChI=1S/C3H8NO3P.5Na.H5O10P3/c4-3-1-2-6-8(5)7-3;;;;;;1-11(2,3)9-13(7,8)10-12(4,5)6/h3,8H,1-2,4H2;;;;;;(H,7,8)(H2,1,2,3)(H2,4,5,6)/q;5*+1;/p-5. The van der Waals surface area contributed by atoms with Gasteiger partial charge in [-0.3, -0.25) is 22.3 Å². The van der Waals surface area contributed by atoms with Gasteiger partial charge in [-0.15, -0.1) is 0 Å². The molecule has 0 aliphatic carbocycles. The molecule has 0 aromatic heterocycles. The fraction of sp³-hybridized carbons (Fsp3) is 1.00. The molecule has 1 fully saturated rings. The van der Waals surface area contributed by atoms with Crippen LogP contribution in [0.5, 0.6) is 0 Å². The largest absolute Gasteiger partial charge is 1.00 e. The molecule has 26 heavy (non-hydrogen) atoms. The molecular formula is C3H8NNa5O13P4. The molecule has 1 aliphatic heterocycles. The zero-order chi connectivity index (χ0) is 16.9. The zero-order valence-corrected chi connectivity index (χ0v) is 28.4. The first kappa shape index (κ1) is 45.1. The van der Waals surface area contributed by atoms with Crippen molar-refractivity contribution < 1.29 is 208 Å². The summed E-state index contributed by atoms with van der Waals surface area (Å²) in [5.41, 5.74) is 5.25. The Morgan fingerprint density at radius 2 is 1.23 bits per heavy atom. The van der Waals surface area contributed by atoms with Crippen LogP contribution >= 0.6 is 31.7 Å². The van der Waals surface area contributed by atoms with Gasteiger partial charge in [0.05, 0.1) is 22.3 Å². The van der Waals surface area contributed by atoms with E-state index in [1.165, 1.54) is 0 Å². The average molecular weight is 505 g/mol. The quantitative estimate of drug-likeness (QED) is 0.275. The summed E-state index contributed by atoms with van der Waals surface area (Å²) < 4.78 is 54.2. The molecule has 128 valence electrons. The first-order valence-electron chi connectivity index (χ1n) is 4.57. The van der Waals surface area contributed by atoms with Crippen LogP contribution in [-0.2, 0) is 35.9 Å². The molecule has 23 heteroatoms. The minimum absolute atomic E-state index is 0. The van der Waals surface area contributed by atoms with Crippen molar-refractivity contribution >= 4 is 31.7 Å². The molecule has 0 saturated carbocycles. The first-order chi connectivity index (χ1) is 9.20. The average Bonchev–Trinajstić information content (AvgIpc) is 2.08. The minimum atomic E-state index is -5.97. The van der Waals surface area contributed by atoms with Gasteiger partial charge in [0.2, 0.25) is 0 Å². The Morgan fingerprint density at radius 3 is 1.42 bits per heavy atom. The van der Waals surface area contributed by atoms with E-state index in [-0.39, 0.29) is 154 Å². The first-order valence-corrected chi connectivity index (χ1v) is 10.2. The van der Waals surface area contributed by atoms with E-state index in [4.69, 9.17) is 5.73 Å². The third kappa shape index (κ3) is 31.7. The maximum atomic E-state index is 10.3. The summed E-state index contributed by atoms with van der Waals surface area (Å²) in [6.45, 7) is 0.457. The molecule has 0 aromatic carbocycles. The van der Waals surface area contributed by atoms with E-state index < -0.39 is 31.7 Å². The van der Waals surface area contributed by atoms with Crippen molar-refractivity contribution in [1.82, 2.24) is 0 Å². The number of phosphoric acid groups is 3. The molecule has 1 rings (SSSR count). The van der Waals surface area contributed by atoms with Gasteiger partial charge in [0.1, 0.15) is 6.23 Å². The fourth-order valence-electron chi connectivity index (χ4n) is 0.735. The summed E-state index contributed by atoms with van der Waals surface area (Å²) in [7, 11) is -20.1.